The summed E-state index contributed by atoms with van der Waals surface area (Å²) in [4.78, 5) is 28.9. The van der Waals surface area contributed by atoms with Gasteiger partial charge in [0.05, 0.1) is 6.54 Å². The van der Waals surface area contributed by atoms with Crippen LogP contribution in [0, 0.1) is 0 Å². The zero-order chi connectivity index (χ0) is 19.6. The van der Waals surface area contributed by atoms with Crippen LogP contribution in [-0.4, -0.2) is 31.8 Å². The van der Waals surface area contributed by atoms with Crippen LogP contribution >= 0.6 is 0 Å². The molecule has 0 fully saturated rings. The Bertz CT molecular complexity index is 1080. The van der Waals surface area contributed by atoms with E-state index in [0.717, 1.165) is 23.2 Å². The van der Waals surface area contributed by atoms with Crippen molar-refractivity contribution in [2.45, 2.75) is 19.8 Å². The summed E-state index contributed by atoms with van der Waals surface area (Å²) in [6, 6.07) is 8.03. The van der Waals surface area contributed by atoms with Crippen LogP contribution in [-0.2, 0) is 27.6 Å². The maximum absolute atomic E-state index is 12.4. The Hall–Kier alpha value is -3.03. The van der Waals surface area contributed by atoms with Gasteiger partial charge in [-0.3, -0.25) is 13.9 Å². The van der Waals surface area contributed by atoms with Gasteiger partial charge in [0.15, 0.2) is 11.2 Å². The summed E-state index contributed by atoms with van der Waals surface area (Å²) in [5, 5.41) is 3.18. The molecule has 0 bridgehead atoms. The molecule has 0 atom stereocenters. The first-order valence-corrected chi connectivity index (χ1v) is 9.02. The highest BCUT2D eigenvalue weighted by atomic mass is 16.5. The molecular weight excluding hydrogens is 346 g/mol. The summed E-state index contributed by atoms with van der Waals surface area (Å²) in [7, 11) is 4.82. The van der Waals surface area contributed by atoms with Gasteiger partial charge in [-0.15, -0.1) is 0 Å². The average molecular weight is 371 g/mol. The second-order valence-electron chi connectivity index (χ2n) is 6.51. The van der Waals surface area contributed by atoms with Crippen LogP contribution in [0.2, 0.25) is 0 Å². The van der Waals surface area contributed by atoms with Gasteiger partial charge in [-0.05, 0) is 18.1 Å². The third-order valence-electron chi connectivity index (χ3n) is 4.61. The highest BCUT2D eigenvalue weighted by molar-refractivity contribution is 5.74. The number of hydrogen-bond acceptors (Lipinski definition) is 5. The fourth-order valence-electron chi connectivity index (χ4n) is 3.12. The molecule has 8 heteroatoms. The van der Waals surface area contributed by atoms with Crippen LogP contribution < -0.4 is 21.3 Å². The van der Waals surface area contributed by atoms with E-state index < -0.39 is 5.69 Å². The fourth-order valence-corrected chi connectivity index (χ4v) is 3.12. The van der Waals surface area contributed by atoms with E-state index >= 15 is 0 Å². The van der Waals surface area contributed by atoms with Crippen molar-refractivity contribution in [3.05, 3.63) is 50.7 Å². The Morgan fingerprint density at radius 2 is 1.81 bits per heavy atom. The molecule has 0 radical (unpaired) electrons. The van der Waals surface area contributed by atoms with Gasteiger partial charge >= 0.3 is 5.69 Å². The summed E-state index contributed by atoms with van der Waals surface area (Å²) in [5.41, 5.74) is 1.19. The maximum atomic E-state index is 12.4. The molecule has 0 aliphatic carbocycles. The van der Waals surface area contributed by atoms with E-state index in [1.807, 2.05) is 18.2 Å². The average Bonchev–Trinajstić information content (AvgIpc) is 3.00. The first-order chi connectivity index (χ1) is 13.0. The highest BCUT2D eigenvalue weighted by Gasteiger charge is 2.16. The predicted molar refractivity (Wildman–Crippen MR) is 106 cm³/mol. The van der Waals surface area contributed by atoms with Crippen LogP contribution in [0.4, 0.5) is 5.95 Å². The minimum Gasteiger partial charge on any atom is -0.491 e. The molecule has 0 aliphatic heterocycles. The molecule has 0 amide bonds. The van der Waals surface area contributed by atoms with Gasteiger partial charge < -0.3 is 14.6 Å². The summed E-state index contributed by atoms with van der Waals surface area (Å²) < 4.78 is 10.0. The number of benzene rings is 1. The first kappa shape index (κ1) is 18.8. The fraction of sp³-hybridized carbons (Fsp3) is 0.421. The van der Waals surface area contributed by atoms with Crippen molar-refractivity contribution in [1.29, 1.82) is 0 Å². The smallest absolute Gasteiger partial charge is 0.332 e. The summed E-state index contributed by atoms with van der Waals surface area (Å²) >= 11 is 0. The monoisotopic (exact) mass is 371 g/mol. The number of rotatable bonds is 7. The Kier molecular flexibility index (Phi) is 5.34. The van der Waals surface area contributed by atoms with Crippen molar-refractivity contribution in [2.75, 3.05) is 18.5 Å². The third-order valence-corrected chi connectivity index (χ3v) is 4.61. The van der Waals surface area contributed by atoms with E-state index in [9.17, 15) is 9.59 Å². The van der Waals surface area contributed by atoms with E-state index in [2.05, 4.69) is 23.3 Å². The molecule has 0 saturated carbocycles. The topological polar surface area (TPSA) is 83.1 Å². The second kappa shape index (κ2) is 7.69. The number of aromatic nitrogens is 4. The predicted octanol–water partition coefficient (Wildman–Crippen LogP) is 1.41. The van der Waals surface area contributed by atoms with Crippen LogP contribution in [0.1, 0.15) is 18.9 Å². The number of hydrogen-bond donors (Lipinski definition) is 1. The molecule has 3 rings (SSSR count). The Balaban J connectivity index is 1.74. The van der Waals surface area contributed by atoms with E-state index in [-0.39, 0.29) is 5.56 Å². The number of ether oxygens (including phenoxy) is 1. The number of nitrogens with zero attached hydrogens (tertiary/aromatic N) is 4. The number of anilines is 1. The summed E-state index contributed by atoms with van der Waals surface area (Å²) in [6.45, 7) is 3.12. The van der Waals surface area contributed by atoms with Crippen molar-refractivity contribution < 1.29 is 4.74 Å². The van der Waals surface area contributed by atoms with E-state index in [1.165, 1.54) is 17.2 Å². The van der Waals surface area contributed by atoms with Crippen LogP contribution in [0.25, 0.3) is 11.2 Å². The molecule has 27 heavy (non-hydrogen) atoms. The van der Waals surface area contributed by atoms with Gasteiger partial charge in [-0.25, -0.2) is 4.79 Å². The minimum atomic E-state index is -0.395. The molecule has 3 aromatic rings. The van der Waals surface area contributed by atoms with Gasteiger partial charge in [-0.1, -0.05) is 31.5 Å². The first-order valence-electron chi connectivity index (χ1n) is 9.02. The Morgan fingerprint density at radius 1 is 1.07 bits per heavy atom. The molecule has 1 N–H and O–H groups in total. The minimum absolute atomic E-state index is 0.360. The quantitative estimate of drug-likeness (QED) is 0.635. The number of imidazole rings is 1. The third kappa shape index (κ3) is 3.47. The number of aryl methyl sites for hydroxylation is 3. The molecule has 0 spiro atoms. The zero-order valence-electron chi connectivity index (χ0n) is 16.2. The van der Waals surface area contributed by atoms with Crippen molar-refractivity contribution >= 4 is 17.1 Å². The zero-order valence-corrected chi connectivity index (χ0v) is 16.2. The van der Waals surface area contributed by atoms with Gasteiger partial charge in [0, 0.05) is 21.1 Å². The van der Waals surface area contributed by atoms with E-state index in [1.54, 1.807) is 18.7 Å². The largest absolute Gasteiger partial charge is 0.491 e. The second-order valence-corrected chi connectivity index (χ2v) is 6.51. The molecule has 2 aromatic heterocycles. The van der Waals surface area contributed by atoms with E-state index in [0.29, 0.717) is 30.3 Å². The lowest BCUT2D eigenvalue weighted by Crippen LogP contribution is -2.37. The van der Waals surface area contributed by atoms with Gasteiger partial charge in [0.1, 0.15) is 12.4 Å². The van der Waals surface area contributed by atoms with Crippen molar-refractivity contribution in [3.63, 3.8) is 0 Å². The lowest BCUT2D eigenvalue weighted by molar-refractivity contribution is 0.329. The van der Waals surface area contributed by atoms with Crippen molar-refractivity contribution in [3.8, 4) is 5.75 Å². The maximum Gasteiger partial charge on any atom is 0.332 e. The Labute approximate surface area is 157 Å². The standard InChI is InChI=1S/C19H25N5O3/c1-5-8-13-9-6-7-10-14(13)27-12-11-20-18-21-16-15(22(18)2)17(25)24(4)19(26)23(16)3/h6-7,9-10H,5,8,11-12H2,1-4H3,(H,20,21). The lowest BCUT2D eigenvalue weighted by Gasteiger charge is -2.11. The van der Waals surface area contributed by atoms with Crippen molar-refractivity contribution in [1.82, 2.24) is 18.7 Å². The van der Waals surface area contributed by atoms with E-state index in [4.69, 9.17) is 4.74 Å². The molecule has 0 unspecified atom stereocenters. The number of para-hydroxylation sites is 1. The molecule has 0 saturated heterocycles. The lowest BCUT2D eigenvalue weighted by atomic mass is 10.1. The van der Waals surface area contributed by atoms with Gasteiger partial charge in [0.25, 0.3) is 5.56 Å². The molecule has 144 valence electrons. The van der Waals surface area contributed by atoms with Crippen LogP contribution in [0.3, 0.4) is 0 Å². The van der Waals surface area contributed by atoms with Crippen molar-refractivity contribution in [2.24, 2.45) is 21.1 Å². The number of fused-ring (bicyclic) bond motifs is 1. The summed E-state index contributed by atoms with van der Waals surface area (Å²) in [5.74, 6) is 1.41. The normalized spacial score (nSPS) is 11.1. The molecule has 2 heterocycles. The van der Waals surface area contributed by atoms with Gasteiger partial charge in [0.2, 0.25) is 5.95 Å². The SMILES string of the molecule is CCCc1ccccc1OCCNc1nc2c(c(=O)n(C)c(=O)n2C)n1C. The molecular formula is C19H25N5O3. The summed E-state index contributed by atoms with van der Waals surface area (Å²) in [6.07, 6.45) is 2.04. The number of nitrogens with one attached hydrogen (secondary N) is 1. The van der Waals surface area contributed by atoms with Gasteiger partial charge in [-0.2, -0.15) is 4.98 Å². The Morgan fingerprint density at radius 3 is 2.56 bits per heavy atom. The molecule has 8 nitrogen and oxygen atoms in total. The van der Waals surface area contributed by atoms with Crippen LogP contribution in [0.15, 0.2) is 33.9 Å². The highest BCUT2D eigenvalue weighted by Crippen LogP contribution is 2.19. The molecule has 1 aromatic carbocycles. The van der Waals surface area contributed by atoms with Crippen LogP contribution in [0.5, 0.6) is 5.75 Å². The molecule has 0 aliphatic rings.